The quantitative estimate of drug-likeness (QED) is 0.408. The molecule has 0 aliphatic carbocycles. The van der Waals surface area contributed by atoms with Crippen molar-refractivity contribution in [3.63, 3.8) is 0 Å². The van der Waals surface area contributed by atoms with Crippen LogP contribution in [0.15, 0.2) is 84.9 Å². The third-order valence-electron chi connectivity index (χ3n) is 5.64. The summed E-state index contributed by atoms with van der Waals surface area (Å²) in [5.74, 6) is 0.158. The Kier molecular flexibility index (Phi) is 9.53. The largest absolute Gasteiger partial charge is 0.484 e. The summed E-state index contributed by atoms with van der Waals surface area (Å²) in [6.45, 7) is 4.07. The standard InChI is InChI=1S/C28H31ClN2O3/c1-3-21(2)30-28(33)26(18-22-10-6-4-7-11-22)31(19-23-14-16-24(29)17-15-23)27(32)20-34-25-12-8-5-9-13-25/h4-17,21,26H,3,18-20H2,1-2H3,(H,30,33)/t21-,26-/m0/s1. The van der Waals surface area contributed by atoms with Gasteiger partial charge < -0.3 is 15.0 Å². The van der Waals surface area contributed by atoms with E-state index in [1.54, 1.807) is 29.2 Å². The molecule has 5 nitrogen and oxygen atoms in total. The van der Waals surface area contributed by atoms with Crippen molar-refractivity contribution in [1.82, 2.24) is 10.2 Å². The van der Waals surface area contributed by atoms with Crippen LogP contribution in [0, 0.1) is 0 Å². The van der Waals surface area contributed by atoms with Gasteiger partial charge in [-0.3, -0.25) is 9.59 Å². The number of nitrogens with one attached hydrogen (secondary N) is 1. The molecule has 34 heavy (non-hydrogen) atoms. The third kappa shape index (κ3) is 7.63. The van der Waals surface area contributed by atoms with Gasteiger partial charge in [-0.25, -0.2) is 0 Å². The topological polar surface area (TPSA) is 58.6 Å². The van der Waals surface area contributed by atoms with Crippen LogP contribution in [0.1, 0.15) is 31.4 Å². The molecule has 3 aromatic rings. The molecule has 0 bridgehead atoms. The van der Waals surface area contributed by atoms with Gasteiger partial charge in [-0.15, -0.1) is 0 Å². The fourth-order valence-electron chi connectivity index (χ4n) is 3.53. The van der Waals surface area contributed by atoms with Crippen LogP contribution in [0.5, 0.6) is 5.75 Å². The Morgan fingerprint density at radius 1 is 0.912 bits per heavy atom. The summed E-state index contributed by atoms with van der Waals surface area (Å²) >= 11 is 6.06. The van der Waals surface area contributed by atoms with Crippen molar-refractivity contribution in [1.29, 1.82) is 0 Å². The average molecular weight is 479 g/mol. The van der Waals surface area contributed by atoms with E-state index < -0.39 is 6.04 Å². The van der Waals surface area contributed by atoms with E-state index >= 15 is 0 Å². The van der Waals surface area contributed by atoms with Gasteiger partial charge in [0.2, 0.25) is 5.91 Å². The Bertz CT molecular complexity index is 1040. The zero-order chi connectivity index (χ0) is 24.3. The molecule has 0 radical (unpaired) electrons. The van der Waals surface area contributed by atoms with Crippen LogP contribution in [-0.2, 0) is 22.6 Å². The minimum absolute atomic E-state index is 0.00109. The molecular weight excluding hydrogens is 448 g/mol. The van der Waals surface area contributed by atoms with Crippen LogP contribution < -0.4 is 10.1 Å². The van der Waals surface area contributed by atoms with Gasteiger partial charge in [-0.05, 0) is 48.7 Å². The summed E-state index contributed by atoms with van der Waals surface area (Å²) in [4.78, 5) is 28.5. The highest BCUT2D eigenvalue weighted by molar-refractivity contribution is 6.30. The van der Waals surface area contributed by atoms with Crippen molar-refractivity contribution >= 4 is 23.4 Å². The normalized spacial score (nSPS) is 12.4. The highest BCUT2D eigenvalue weighted by atomic mass is 35.5. The van der Waals surface area contributed by atoms with E-state index in [-0.39, 0.29) is 31.0 Å². The Morgan fingerprint density at radius 3 is 2.15 bits per heavy atom. The van der Waals surface area contributed by atoms with E-state index in [1.807, 2.05) is 74.5 Å². The monoisotopic (exact) mass is 478 g/mol. The predicted molar refractivity (Wildman–Crippen MR) is 136 cm³/mol. The van der Waals surface area contributed by atoms with Gasteiger partial charge in [-0.1, -0.05) is 79.2 Å². The number of para-hydroxylation sites is 1. The molecule has 0 aliphatic rings. The summed E-state index contributed by atoms with van der Waals surface area (Å²) in [6.07, 6.45) is 1.19. The van der Waals surface area contributed by atoms with Crippen LogP contribution in [-0.4, -0.2) is 35.4 Å². The van der Waals surface area contributed by atoms with Crippen molar-refractivity contribution < 1.29 is 14.3 Å². The molecule has 2 atom stereocenters. The van der Waals surface area contributed by atoms with Gasteiger partial charge in [0.15, 0.2) is 6.61 Å². The number of hydrogen-bond acceptors (Lipinski definition) is 3. The second kappa shape index (κ2) is 12.8. The Balaban J connectivity index is 1.90. The molecule has 1 N–H and O–H groups in total. The maximum Gasteiger partial charge on any atom is 0.261 e. The second-order valence-electron chi connectivity index (χ2n) is 8.27. The lowest BCUT2D eigenvalue weighted by molar-refractivity contribution is -0.143. The minimum atomic E-state index is -0.695. The smallest absolute Gasteiger partial charge is 0.261 e. The first-order valence-electron chi connectivity index (χ1n) is 11.5. The number of halogens is 1. The van der Waals surface area contributed by atoms with Crippen LogP contribution in [0.2, 0.25) is 5.02 Å². The molecule has 0 spiro atoms. The molecule has 6 heteroatoms. The highest BCUT2D eigenvalue weighted by Gasteiger charge is 2.31. The van der Waals surface area contributed by atoms with Crippen LogP contribution in [0.4, 0.5) is 0 Å². The van der Waals surface area contributed by atoms with Crippen molar-refractivity contribution in [2.45, 2.75) is 45.3 Å². The molecular formula is C28H31ClN2O3. The molecule has 0 fully saturated rings. The number of benzene rings is 3. The lowest BCUT2D eigenvalue weighted by atomic mass is 10.0. The Labute approximate surface area is 206 Å². The van der Waals surface area contributed by atoms with Crippen LogP contribution >= 0.6 is 11.6 Å². The molecule has 0 saturated heterocycles. The molecule has 0 aromatic heterocycles. The van der Waals surface area contributed by atoms with Crippen molar-refractivity contribution in [3.05, 3.63) is 101 Å². The van der Waals surface area contributed by atoms with E-state index in [2.05, 4.69) is 5.32 Å². The molecule has 0 unspecified atom stereocenters. The molecule has 3 rings (SSSR count). The zero-order valence-corrected chi connectivity index (χ0v) is 20.4. The number of hydrogen-bond donors (Lipinski definition) is 1. The summed E-state index contributed by atoms with van der Waals surface area (Å²) in [7, 11) is 0. The number of rotatable bonds is 11. The number of carbonyl (C=O) groups is 2. The average Bonchev–Trinajstić information content (AvgIpc) is 2.87. The van der Waals surface area contributed by atoms with Gasteiger partial charge in [0.25, 0.3) is 5.91 Å². The SMILES string of the molecule is CC[C@H](C)NC(=O)[C@H](Cc1ccccc1)N(Cc1ccc(Cl)cc1)C(=O)COc1ccccc1. The molecule has 0 heterocycles. The van der Waals surface area contributed by atoms with E-state index in [0.717, 1.165) is 17.5 Å². The zero-order valence-electron chi connectivity index (χ0n) is 19.6. The van der Waals surface area contributed by atoms with Gasteiger partial charge in [0, 0.05) is 24.0 Å². The van der Waals surface area contributed by atoms with Gasteiger partial charge >= 0.3 is 0 Å². The molecule has 0 saturated carbocycles. The molecule has 3 aromatic carbocycles. The highest BCUT2D eigenvalue weighted by Crippen LogP contribution is 2.18. The Hall–Kier alpha value is -3.31. The molecule has 2 amide bonds. The Morgan fingerprint density at radius 2 is 1.53 bits per heavy atom. The predicted octanol–water partition coefficient (Wildman–Crippen LogP) is 5.27. The number of nitrogens with zero attached hydrogens (tertiary/aromatic N) is 1. The first-order chi connectivity index (χ1) is 16.5. The third-order valence-corrected chi connectivity index (χ3v) is 5.90. The number of carbonyl (C=O) groups excluding carboxylic acids is 2. The fourth-order valence-corrected chi connectivity index (χ4v) is 3.65. The van der Waals surface area contributed by atoms with E-state index in [1.165, 1.54) is 0 Å². The van der Waals surface area contributed by atoms with Crippen LogP contribution in [0.3, 0.4) is 0 Å². The van der Waals surface area contributed by atoms with Crippen molar-refractivity contribution in [2.24, 2.45) is 0 Å². The fraction of sp³-hybridized carbons (Fsp3) is 0.286. The number of amides is 2. The second-order valence-corrected chi connectivity index (χ2v) is 8.71. The summed E-state index contributed by atoms with van der Waals surface area (Å²) in [5, 5.41) is 3.67. The molecule has 178 valence electrons. The summed E-state index contributed by atoms with van der Waals surface area (Å²) in [6, 6.07) is 25.5. The first-order valence-corrected chi connectivity index (χ1v) is 11.9. The lowest BCUT2D eigenvalue weighted by Gasteiger charge is -2.32. The molecule has 0 aliphatic heterocycles. The van der Waals surface area contributed by atoms with Crippen LogP contribution in [0.25, 0.3) is 0 Å². The first kappa shape index (κ1) is 25.3. The van der Waals surface area contributed by atoms with E-state index in [4.69, 9.17) is 16.3 Å². The maximum absolute atomic E-state index is 13.5. The van der Waals surface area contributed by atoms with E-state index in [9.17, 15) is 9.59 Å². The van der Waals surface area contributed by atoms with E-state index in [0.29, 0.717) is 17.2 Å². The maximum atomic E-state index is 13.5. The summed E-state index contributed by atoms with van der Waals surface area (Å²) in [5.41, 5.74) is 1.86. The lowest BCUT2D eigenvalue weighted by Crippen LogP contribution is -2.53. The minimum Gasteiger partial charge on any atom is -0.484 e. The number of ether oxygens (including phenoxy) is 1. The van der Waals surface area contributed by atoms with Gasteiger partial charge in [-0.2, -0.15) is 0 Å². The van der Waals surface area contributed by atoms with Crippen molar-refractivity contribution in [3.8, 4) is 5.75 Å². The van der Waals surface area contributed by atoms with Gasteiger partial charge in [0.05, 0.1) is 0 Å². The van der Waals surface area contributed by atoms with Crippen molar-refractivity contribution in [2.75, 3.05) is 6.61 Å². The summed E-state index contributed by atoms with van der Waals surface area (Å²) < 4.78 is 5.74. The van der Waals surface area contributed by atoms with Gasteiger partial charge in [0.1, 0.15) is 11.8 Å².